The molecule has 4 aromatic rings. The summed E-state index contributed by atoms with van der Waals surface area (Å²) in [7, 11) is 1.68. The van der Waals surface area contributed by atoms with E-state index < -0.39 is 0 Å². The molecule has 3 aliphatic rings. The van der Waals surface area contributed by atoms with E-state index in [-0.39, 0.29) is 35.2 Å². The number of fused-ring (bicyclic) bond motifs is 3. The predicted molar refractivity (Wildman–Crippen MR) is 190 cm³/mol. The molecule has 11 heteroatoms. The largest absolute Gasteiger partial charge is 0.392 e. The Bertz CT molecular complexity index is 2030. The third kappa shape index (κ3) is 6.19. The molecule has 1 aliphatic carbocycles. The number of nitrogens with one attached hydrogen (secondary N) is 1. The first-order valence-corrected chi connectivity index (χ1v) is 17.0. The number of pyridine rings is 3. The standard InChI is InChI=1S/C38H43N7O4/c1-5-27(47)16-24-8-7-13-43(21-24)34-10-6-9-33(41-34)40-30-17-26(22-42(4)36(30)48)28-11-12-39-35(29(28)23-46)45-15-14-44-31(37(45)49)18-25-19-38(2,3)20-32(25)44/h5-6,9-12,17-18,22,24,46H,1,7-8,13-16,19-21,23H2,2-4H3,(H,40,41)/t24-/m1/s1. The molecule has 7 rings (SSSR count). The van der Waals surface area contributed by atoms with Crippen LogP contribution >= 0.6 is 0 Å². The van der Waals surface area contributed by atoms with Crippen LogP contribution in [-0.4, -0.2) is 55.5 Å². The molecule has 1 atom stereocenters. The zero-order valence-corrected chi connectivity index (χ0v) is 28.4. The molecule has 1 saturated heterocycles. The van der Waals surface area contributed by atoms with Gasteiger partial charge in [0.25, 0.3) is 11.5 Å². The Kier molecular flexibility index (Phi) is 8.48. The van der Waals surface area contributed by atoms with Crippen LogP contribution in [0.1, 0.15) is 60.4 Å². The van der Waals surface area contributed by atoms with Gasteiger partial charge in [-0.15, -0.1) is 0 Å². The molecule has 254 valence electrons. The van der Waals surface area contributed by atoms with Crippen LogP contribution in [0.3, 0.4) is 0 Å². The zero-order valence-electron chi connectivity index (χ0n) is 28.4. The molecule has 0 bridgehead atoms. The lowest BCUT2D eigenvalue weighted by Crippen LogP contribution is -2.41. The third-order valence-electron chi connectivity index (χ3n) is 10.1. The first-order valence-electron chi connectivity index (χ1n) is 17.0. The van der Waals surface area contributed by atoms with Crippen LogP contribution in [0.15, 0.2) is 66.2 Å². The number of anilines is 4. The zero-order chi connectivity index (χ0) is 34.4. The first-order chi connectivity index (χ1) is 23.5. The van der Waals surface area contributed by atoms with Gasteiger partial charge in [0.2, 0.25) is 0 Å². The van der Waals surface area contributed by atoms with E-state index in [1.165, 1.54) is 21.9 Å². The number of hydrogen-bond donors (Lipinski definition) is 2. The number of rotatable bonds is 9. The number of amides is 1. The van der Waals surface area contributed by atoms with E-state index in [0.29, 0.717) is 59.2 Å². The summed E-state index contributed by atoms with van der Waals surface area (Å²) < 4.78 is 3.66. The lowest BCUT2D eigenvalue weighted by Gasteiger charge is -2.33. The molecule has 2 N–H and O–H groups in total. The summed E-state index contributed by atoms with van der Waals surface area (Å²) in [6.07, 6.45) is 9.10. The SMILES string of the molecule is C=CC(=O)C[C@H]1CCCN(c2cccc(Nc3cc(-c4ccnc(N5CCn6c(cc7c6CC(C)(C)C7)C5=O)c4CO)cn(C)c3=O)n2)C1. The van der Waals surface area contributed by atoms with E-state index in [1.807, 2.05) is 24.3 Å². The minimum atomic E-state index is -0.335. The topological polar surface area (TPSA) is 126 Å². The first kappa shape index (κ1) is 32.5. The van der Waals surface area contributed by atoms with E-state index in [9.17, 15) is 19.5 Å². The number of aromatic nitrogens is 4. The molecule has 4 aromatic heterocycles. The molecular weight excluding hydrogens is 618 g/mol. The van der Waals surface area contributed by atoms with E-state index in [1.54, 1.807) is 36.5 Å². The Balaban J connectivity index is 1.16. The number of ketones is 1. The minimum absolute atomic E-state index is 0.0569. The number of aliphatic hydroxyl groups is 1. The molecule has 0 unspecified atom stereocenters. The predicted octanol–water partition coefficient (Wildman–Crippen LogP) is 5.03. The smallest absolute Gasteiger partial charge is 0.276 e. The highest BCUT2D eigenvalue weighted by molar-refractivity contribution is 6.06. The highest BCUT2D eigenvalue weighted by atomic mass is 16.3. The van der Waals surface area contributed by atoms with Crippen LogP contribution in [0.5, 0.6) is 0 Å². The van der Waals surface area contributed by atoms with Crippen molar-refractivity contribution in [2.24, 2.45) is 18.4 Å². The number of carbonyl (C=O) groups is 2. The summed E-state index contributed by atoms with van der Waals surface area (Å²) in [6, 6.07) is 11.2. The summed E-state index contributed by atoms with van der Waals surface area (Å²) in [5.41, 5.74) is 5.32. The maximum Gasteiger partial charge on any atom is 0.276 e. The van der Waals surface area contributed by atoms with Crippen molar-refractivity contribution in [3.8, 4) is 11.1 Å². The molecule has 0 saturated carbocycles. The third-order valence-corrected chi connectivity index (χ3v) is 10.1. The van der Waals surface area contributed by atoms with Gasteiger partial charge in [-0.25, -0.2) is 9.97 Å². The van der Waals surface area contributed by atoms with E-state index in [2.05, 4.69) is 40.2 Å². The second kappa shape index (κ2) is 12.8. The van der Waals surface area contributed by atoms with Crippen LogP contribution < -0.4 is 20.7 Å². The number of hydrogen-bond acceptors (Lipinski definition) is 8. The average molecular weight is 662 g/mol. The molecular formula is C38H43N7O4. The van der Waals surface area contributed by atoms with Gasteiger partial charge in [0.15, 0.2) is 5.78 Å². The van der Waals surface area contributed by atoms with Crippen molar-refractivity contribution in [3.63, 3.8) is 0 Å². The number of nitrogens with zero attached hydrogens (tertiary/aromatic N) is 6. The van der Waals surface area contributed by atoms with Crippen LogP contribution in [-0.2, 0) is 37.8 Å². The summed E-state index contributed by atoms with van der Waals surface area (Å²) in [4.78, 5) is 52.5. The second-order valence-corrected chi connectivity index (χ2v) is 14.3. The minimum Gasteiger partial charge on any atom is -0.392 e. The monoisotopic (exact) mass is 661 g/mol. The van der Waals surface area contributed by atoms with Crippen molar-refractivity contribution < 1.29 is 14.7 Å². The van der Waals surface area contributed by atoms with Crippen LogP contribution in [0.25, 0.3) is 11.1 Å². The molecule has 1 fully saturated rings. The van der Waals surface area contributed by atoms with Crippen molar-refractivity contribution in [1.82, 2.24) is 19.1 Å². The van der Waals surface area contributed by atoms with Crippen molar-refractivity contribution >= 4 is 34.8 Å². The second-order valence-electron chi connectivity index (χ2n) is 14.3. The Morgan fingerprint density at radius 1 is 1.14 bits per heavy atom. The van der Waals surface area contributed by atoms with Gasteiger partial charge in [-0.1, -0.05) is 26.5 Å². The quantitative estimate of drug-likeness (QED) is 0.240. The molecule has 49 heavy (non-hydrogen) atoms. The lowest BCUT2D eigenvalue weighted by molar-refractivity contribution is -0.115. The maximum atomic E-state index is 13.9. The van der Waals surface area contributed by atoms with Crippen molar-refractivity contribution in [3.05, 3.63) is 94.3 Å². The highest BCUT2D eigenvalue weighted by Crippen LogP contribution is 2.40. The van der Waals surface area contributed by atoms with Gasteiger partial charge in [-0.05, 0) is 84.6 Å². The van der Waals surface area contributed by atoms with Crippen LogP contribution in [0.2, 0.25) is 0 Å². The average Bonchev–Trinajstić information content (AvgIpc) is 3.58. The van der Waals surface area contributed by atoms with Gasteiger partial charge in [-0.3, -0.25) is 19.3 Å². The maximum absolute atomic E-state index is 13.9. The van der Waals surface area contributed by atoms with Gasteiger partial charge in [0.05, 0.1) is 6.61 Å². The molecule has 6 heterocycles. The Labute approximate surface area is 285 Å². The van der Waals surface area contributed by atoms with E-state index in [0.717, 1.165) is 44.6 Å². The van der Waals surface area contributed by atoms with Crippen LogP contribution in [0.4, 0.5) is 23.1 Å². The van der Waals surface area contributed by atoms with Crippen molar-refractivity contribution in [2.45, 2.75) is 59.1 Å². The molecule has 0 aromatic carbocycles. The summed E-state index contributed by atoms with van der Waals surface area (Å²) in [5.74, 6) is 1.89. The van der Waals surface area contributed by atoms with Gasteiger partial charge in [0, 0.05) is 68.9 Å². The highest BCUT2D eigenvalue weighted by Gasteiger charge is 2.37. The lowest BCUT2D eigenvalue weighted by atomic mass is 9.90. The number of piperidine rings is 1. The van der Waals surface area contributed by atoms with Gasteiger partial charge in [-0.2, -0.15) is 0 Å². The van der Waals surface area contributed by atoms with Crippen molar-refractivity contribution in [1.29, 1.82) is 0 Å². The van der Waals surface area contributed by atoms with E-state index in [4.69, 9.17) is 4.98 Å². The van der Waals surface area contributed by atoms with Gasteiger partial charge < -0.3 is 24.5 Å². The van der Waals surface area contributed by atoms with Gasteiger partial charge in [0.1, 0.15) is 28.8 Å². The fraction of sp³-hybridized carbons (Fsp3) is 0.395. The summed E-state index contributed by atoms with van der Waals surface area (Å²) >= 11 is 0. The number of carbonyl (C=O) groups excluding carboxylic acids is 2. The summed E-state index contributed by atoms with van der Waals surface area (Å²) in [6.45, 7) is 10.5. The number of aryl methyl sites for hydroxylation is 1. The Hall–Kier alpha value is -5.03. The fourth-order valence-electron chi connectivity index (χ4n) is 7.82. The number of aliphatic hydroxyl groups excluding tert-OH is 1. The molecule has 1 amide bonds. The molecule has 0 radical (unpaired) electrons. The van der Waals surface area contributed by atoms with Crippen LogP contribution in [0, 0.1) is 11.3 Å². The molecule has 11 nitrogen and oxygen atoms in total. The fourth-order valence-corrected chi connectivity index (χ4v) is 7.82. The Morgan fingerprint density at radius 2 is 1.98 bits per heavy atom. The summed E-state index contributed by atoms with van der Waals surface area (Å²) in [5, 5.41) is 13.9. The number of allylic oxidation sites excluding steroid dienone is 1. The molecule has 2 aliphatic heterocycles. The van der Waals surface area contributed by atoms with Gasteiger partial charge >= 0.3 is 0 Å². The molecule has 0 spiro atoms. The van der Waals surface area contributed by atoms with Crippen molar-refractivity contribution in [2.75, 3.05) is 34.8 Å². The van der Waals surface area contributed by atoms with E-state index >= 15 is 0 Å². The Morgan fingerprint density at radius 3 is 2.78 bits per heavy atom. The normalized spacial score (nSPS) is 18.3.